The van der Waals surface area contributed by atoms with Crippen molar-refractivity contribution in [1.82, 2.24) is 14.8 Å². The van der Waals surface area contributed by atoms with Crippen LogP contribution in [-0.2, 0) is 6.54 Å². The summed E-state index contributed by atoms with van der Waals surface area (Å²) in [7, 11) is 1.88. The third-order valence-electron chi connectivity index (χ3n) is 5.13. The lowest BCUT2D eigenvalue weighted by Crippen LogP contribution is -2.46. The summed E-state index contributed by atoms with van der Waals surface area (Å²) < 4.78 is 0. The monoisotopic (exact) mass is 366 g/mol. The van der Waals surface area contributed by atoms with E-state index in [1.807, 2.05) is 19.2 Å². The van der Waals surface area contributed by atoms with E-state index in [1.54, 1.807) is 11.1 Å². The summed E-state index contributed by atoms with van der Waals surface area (Å²) in [5, 5.41) is 0. The zero-order chi connectivity index (χ0) is 19.1. The van der Waals surface area contributed by atoms with Crippen molar-refractivity contribution in [2.45, 2.75) is 26.3 Å². The highest BCUT2D eigenvalue weighted by Crippen LogP contribution is 2.17. The van der Waals surface area contributed by atoms with Gasteiger partial charge in [0.1, 0.15) is 5.82 Å². The van der Waals surface area contributed by atoms with Gasteiger partial charge in [0.15, 0.2) is 0 Å². The summed E-state index contributed by atoms with van der Waals surface area (Å²) in [5.74, 6) is 0.985. The molecule has 0 bridgehead atoms. The van der Waals surface area contributed by atoms with Gasteiger partial charge in [0.25, 0.3) is 5.91 Å². The summed E-state index contributed by atoms with van der Waals surface area (Å²) in [6.07, 6.45) is 3.88. The Bertz CT molecular complexity index is 726. The number of unbranched alkanes of at least 4 members (excludes halogenated alkanes) is 1. The molecule has 1 saturated heterocycles. The summed E-state index contributed by atoms with van der Waals surface area (Å²) in [6, 6.07) is 14.4. The third-order valence-corrected chi connectivity index (χ3v) is 5.13. The van der Waals surface area contributed by atoms with Crippen LogP contribution < -0.4 is 4.90 Å². The molecule has 0 spiro atoms. The second kappa shape index (κ2) is 9.51. The minimum absolute atomic E-state index is 0.0785. The topological polar surface area (TPSA) is 39.7 Å². The maximum Gasteiger partial charge on any atom is 0.253 e. The lowest BCUT2D eigenvalue weighted by molar-refractivity contribution is 0.0793. The van der Waals surface area contributed by atoms with Crippen LogP contribution in [-0.4, -0.2) is 60.5 Å². The molecule has 2 heterocycles. The molecule has 1 aromatic heterocycles. The molecule has 27 heavy (non-hydrogen) atoms. The van der Waals surface area contributed by atoms with E-state index in [9.17, 15) is 4.79 Å². The predicted molar refractivity (Wildman–Crippen MR) is 110 cm³/mol. The summed E-state index contributed by atoms with van der Waals surface area (Å²) in [4.78, 5) is 23.7. The van der Waals surface area contributed by atoms with E-state index in [0.29, 0.717) is 0 Å². The lowest BCUT2D eigenvalue weighted by Gasteiger charge is -2.35. The highest BCUT2D eigenvalue weighted by molar-refractivity contribution is 5.94. The van der Waals surface area contributed by atoms with Gasteiger partial charge >= 0.3 is 0 Å². The summed E-state index contributed by atoms with van der Waals surface area (Å²) >= 11 is 0. The largest absolute Gasteiger partial charge is 0.354 e. The molecule has 2 aromatic rings. The molecular formula is C22H30N4O. The van der Waals surface area contributed by atoms with Gasteiger partial charge in [0.2, 0.25) is 0 Å². The quantitative estimate of drug-likeness (QED) is 0.754. The van der Waals surface area contributed by atoms with Crippen LogP contribution in [0.2, 0.25) is 0 Å². The first-order valence-electron chi connectivity index (χ1n) is 9.90. The second-order valence-electron chi connectivity index (χ2n) is 7.23. The van der Waals surface area contributed by atoms with E-state index in [4.69, 9.17) is 0 Å². The zero-order valence-corrected chi connectivity index (χ0v) is 16.5. The van der Waals surface area contributed by atoms with Crippen molar-refractivity contribution >= 4 is 11.7 Å². The Labute approximate surface area is 162 Å². The molecule has 144 valence electrons. The zero-order valence-electron chi connectivity index (χ0n) is 16.5. The molecule has 5 heteroatoms. The molecule has 0 radical (unpaired) electrons. The van der Waals surface area contributed by atoms with Crippen LogP contribution in [0, 0.1) is 0 Å². The average molecular weight is 367 g/mol. The first-order valence-corrected chi connectivity index (χ1v) is 9.90. The number of aromatic nitrogens is 1. The van der Waals surface area contributed by atoms with Crippen LogP contribution in [0.15, 0.2) is 48.7 Å². The Morgan fingerprint density at radius 1 is 1.11 bits per heavy atom. The Hall–Kier alpha value is -2.40. The van der Waals surface area contributed by atoms with Crippen LogP contribution in [0.4, 0.5) is 5.82 Å². The molecule has 5 nitrogen and oxygen atoms in total. The molecule has 1 fully saturated rings. The van der Waals surface area contributed by atoms with Crippen LogP contribution in [0.1, 0.15) is 35.7 Å². The molecule has 0 unspecified atom stereocenters. The first kappa shape index (κ1) is 19.4. The van der Waals surface area contributed by atoms with Crippen molar-refractivity contribution < 1.29 is 4.79 Å². The second-order valence-corrected chi connectivity index (χ2v) is 7.23. The van der Waals surface area contributed by atoms with E-state index >= 15 is 0 Å². The van der Waals surface area contributed by atoms with Crippen molar-refractivity contribution in [2.75, 3.05) is 44.7 Å². The molecule has 1 aromatic carbocycles. The van der Waals surface area contributed by atoms with Crippen molar-refractivity contribution in [3.63, 3.8) is 0 Å². The average Bonchev–Trinajstić information content (AvgIpc) is 2.73. The molecule has 0 saturated carbocycles. The number of piperazine rings is 1. The van der Waals surface area contributed by atoms with E-state index in [0.717, 1.165) is 63.5 Å². The number of hydrogen-bond donors (Lipinski definition) is 0. The van der Waals surface area contributed by atoms with Crippen LogP contribution in [0.3, 0.4) is 0 Å². The first-order chi connectivity index (χ1) is 13.2. The third kappa shape index (κ3) is 5.30. The normalized spacial score (nSPS) is 15.0. The number of hydrogen-bond acceptors (Lipinski definition) is 4. The fourth-order valence-corrected chi connectivity index (χ4v) is 3.42. The van der Waals surface area contributed by atoms with Gasteiger partial charge in [-0.15, -0.1) is 0 Å². The Kier molecular flexibility index (Phi) is 6.82. The van der Waals surface area contributed by atoms with Crippen molar-refractivity contribution in [3.05, 3.63) is 59.8 Å². The van der Waals surface area contributed by atoms with Gasteiger partial charge in [-0.25, -0.2) is 4.98 Å². The van der Waals surface area contributed by atoms with Gasteiger partial charge < -0.3 is 9.80 Å². The highest BCUT2D eigenvalue weighted by Gasteiger charge is 2.19. The molecular weight excluding hydrogens is 336 g/mol. The Balaban J connectivity index is 1.57. The minimum Gasteiger partial charge on any atom is -0.354 e. The number of carbonyl (C=O) groups is 1. The molecule has 3 rings (SSSR count). The fraction of sp³-hybridized carbons (Fsp3) is 0.455. The van der Waals surface area contributed by atoms with E-state index in [2.05, 4.69) is 52.0 Å². The van der Waals surface area contributed by atoms with E-state index in [1.165, 1.54) is 5.56 Å². The summed E-state index contributed by atoms with van der Waals surface area (Å²) in [5.41, 5.74) is 2.08. The summed E-state index contributed by atoms with van der Waals surface area (Å²) in [6.45, 7) is 7.80. The standard InChI is InChI=1S/C22H30N4O/c1-3-4-12-24(2)22(27)20-10-11-23-21(17-20)26-15-13-25(14-16-26)18-19-8-6-5-7-9-19/h5-11,17H,3-4,12-16,18H2,1-2H3. The number of carbonyl (C=O) groups excluding carboxylic acids is 1. The SMILES string of the molecule is CCCCN(C)C(=O)c1ccnc(N2CCN(Cc3ccccc3)CC2)c1. The molecule has 0 atom stereocenters. The van der Waals surface area contributed by atoms with Gasteiger partial charge in [0.05, 0.1) is 0 Å². The van der Waals surface area contributed by atoms with Gasteiger partial charge in [0, 0.05) is 58.1 Å². The molecule has 1 amide bonds. The van der Waals surface area contributed by atoms with E-state index in [-0.39, 0.29) is 5.91 Å². The van der Waals surface area contributed by atoms with Crippen LogP contribution in [0.5, 0.6) is 0 Å². The molecule has 0 aliphatic carbocycles. The fourth-order valence-electron chi connectivity index (χ4n) is 3.42. The number of anilines is 1. The van der Waals surface area contributed by atoms with Gasteiger partial charge in [-0.1, -0.05) is 43.7 Å². The van der Waals surface area contributed by atoms with Crippen molar-refractivity contribution in [2.24, 2.45) is 0 Å². The number of pyridine rings is 1. The van der Waals surface area contributed by atoms with Crippen LogP contribution >= 0.6 is 0 Å². The Morgan fingerprint density at radius 3 is 2.56 bits per heavy atom. The van der Waals surface area contributed by atoms with Crippen molar-refractivity contribution in [1.29, 1.82) is 0 Å². The number of amides is 1. The molecule has 1 aliphatic rings. The Morgan fingerprint density at radius 2 is 1.85 bits per heavy atom. The maximum absolute atomic E-state index is 12.6. The van der Waals surface area contributed by atoms with Gasteiger partial charge in [-0.05, 0) is 24.1 Å². The van der Waals surface area contributed by atoms with Crippen molar-refractivity contribution in [3.8, 4) is 0 Å². The predicted octanol–water partition coefficient (Wildman–Crippen LogP) is 3.28. The van der Waals surface area contributed by atoms with Gasteiger partial charge in [-0.3, -0.25) is 9.69 Å². The maximum atomic E-state index is 12.6. The number of rotatable bonds is 7. The molecule has 1 aliphatic heterocycles. The number of benzene rings is 1. The van der Waals surface area contributed by atoms with Crippen LogP contribution in [0.25, 0.3) is 0 Å². The minimum atomic E-state index is 0.0785. The van der Waals surface area contributed by atoms with Gasteiger partial charge in [-0.2, -0.15) is 0 Å². The lowest BCUT2D eigenvalue weighted by atomic mass is 10.2. The number of nitrogens with zero attached hydrogens (tertiary/aromatic N) is 4. The van der Waals surface area contributed by atoms with E-state index < -0.39 is 0 Å². The molecule has 0 N–H and O–H groups in total. The smallest absolute Gasteiger partial charge is 0.253 e. The highest BCUT2D eigenvalue weighted by atomic mass is 16.2.